The third-order valence-corrected chi connectivity index (χ3v) is 9.04. The first-order valence-corrected chi connectivity index (χ1v) is 12.6. The van der Waals surface area contributed by atoms with Crippen LogP contribution in [0, 0.1) is 5.92 Å². The number of para-hydroxylation sites is 2. The predicted octanol–water partition coefficient (Wildman–Crippen LogP) is 4.77. The van der Waals surface area contributed by atoms with E-state index < -0.39 is 11.5 Å². The van der Waals surface area contributed by atoms with Crippen LogP contribution in [-0.2, 0) is 0 Å². The Hall–Kier alpha value is -2.21. The van der Waals surface area contributed by atoms with E-state index in [0.717, 1.165) is 24.3 Å². The Kier molecular flexibility index (Phi) is 4.90. The van der Waals surface area contributed by atoms with Crippen molar-refractivity contribution in [2.24, 2.45) is 5.92 Å². The minimum Gasteiger partial charge on any atom is -0.476 e. The highest BCUT2D eigenvalue weighted by atomic mass is 16.4. The summed E-state index contributed by atoms with van der Waals surface area (Å²) in [5.74, 6) is -0.331. The molecule has 1 N–H and O–H groups in total. The molecule has 2 saturated carbocycles. The molecule has 2 aromatic rings. The second-order valence-corrected chi connectivity index (χ2v) is 10.8. The summed E-state index contributed by atoms with van der Waals surface area (Å²) >= 11 is 0. The maximum atomic E-state index is 13.3. The Labute approximate surface area is 188 Å². The minimum atomic E-state index is -1.23. The molecule has 3 heterocycles. The fraction of sp³-hybridized carbons (Fsp3) is 0.654. The Morgan fingerprint density at radius 2 is 1.66 bits per heavy atom. The Morgan fingerprint density at radius 3 is 2.34 bits per heavy atom. The first kappa shape index (κ1) is 20.4. The molecule has 4 fully saturated rings. The number of nitrogens with zero attached hydrogens (tertiary/aromatic N) is 3. The lowest BCUT2D eigenvalue weighted by molar-refractivity contribution is -0.106. The van der Waals surface area contributed by atoms with E-state index in [0.29, 0.717) is 23.1 Å². The molecule has 3 atom stereocenters. The molecule has 6 rings (SSSR count). The number of benzene rings is 1. The van der Waals surface area contributed by atoms with Crippen molar-refractivity contribution in [1.29, 1.82) is 0 Å². The number of carboxylic acid groups (broad SMARTS) is 1. The van der Waals surface area contributed by atoms with Crippen molar-refractivity contribution in [2.75, 3.05) is 0 Å². The summed E-state index contributed by atoms with van der Waals surface area (Å²) < 4.78 is 1.79. The van der Waals surface area contributed by atoms with Crippen LogP contribution in [0.15, 0.2) is 29.1 Å². The average Bonchev–Trinajstić information content (AvgIpc) is 2.78. The monoisotopic (exact) mass is 435 g/mol. The standard InChI is InChI=1S/C26H33N3O3/c30-24-23(25(31)32)27-21-10-1-2-11-22(21)28(24)20-14-18-8-3-9-19(15-20)29(18)26-12-4-6-17(16-26)7-5-13-26/h1-2,10-11,17-20H,3-9,12-16H2,(H,31,32)/t17?,18-,19?,20?,26?/m1/s1. The Bertz CT molecular complexity index is 1090. The van der Waals surface area contributed by atoms with Crippen LogP contribution < -0.4 is 5.56 Å². The molecule has 1 aromatic carbocycles. The second kappa shape index (κ2) is 7.68. The SMILES string of the molecule is O=C(O)c1nc2ccccc2n(C2CC3CCC[C@H](C2)N3C23CCCC(CCC2)C3)c1=O. The van der Waals surface area contributed by atoms with Crippen molar-refractivity contribution in [1.82, 2.24) is 14.5 Å². The van der Waals surface area contributed by atoms with Gasteiger partial charge in [-0.3, -0.25) is 9.69 Å². The number of carbonyl (C=O) groups is 1. The summed E-state index contributed by atoms with van der Waals surface area (Å²) in [6.45, 7) is 0. The van der Waals surface area contributed by atoms with Gasteiger partial charge in [-0.25, -0.2) is 9.78 Å². The molecule has 0 amide bonds. The summed E-state index contributed by atoms with van der Waals surface area (Å²) in [5, 5.41) is 9.63. The normalized spacial score (nSPS) is 35.0. The highest BCUT2D eigenvalue weighted by molar-refractivity contribution is 5.88. The van der Waals surface area contributed by atoms with Crippen molar-refractivity contribution in [3.8, 4) is 0 Å². The third kappa shape index (κ3) is 3.13. The van der Waals surface area contributed by atoms with Crippen LogP contribution in [0.5, 0.6) is 0 Å². The van der Waals surface area contributed by atoms with Crippen molar-refractivity contribution in [3.63, 3.8) is 0 Å². The number of hydrogen-bond acceptors (Lipinski definition) is 4. The topological polar surface area (TPSA) is 75.4 Å². The molecule has 6 nitrogen and oxygen atoms in total. The van der Waals surface area contributed by atoms with Gasteiger partial charge in [0.05, 0.1) is 11.0 Å². The quantitative estimate of drug-likeness (QED) is 0.752. The van der Waals surface area contributed by atoms with E-state index in [9.17, 15) is 14.7 Å². The number of aromatic nitrogens is 2. The van der Waals surface area contributed by atoms with Gasteiger partial charge in [0.1, 0.15) is 0 Å². The highest BCUT2D eigenvalue weighted by Gasteiger charge is 2.52. The number of aromatic carboxylic acids is 1. The molecule has 1 aromatic heterocycles. The zero-order chi connectivity index (χ0) is 21.9. The minimum absolute atomic E-state index is 0.0411. The molecule has 0 radical (unpaired) electrons. The third-order valence-electron chi connectivity index (χ3n) is 9.04. The van der Waals surface area contributed by atoms with Crippen LogP contribution in [0.1, 0.15) is 93.6 Å². The fourth-order valence-corrected chi connectivity index (χ4v) is 8.01. The molecule has 6 heteroatoms. The van der Waals surface area contributed by atoms with Crippen molar-refractivity contribution < 1.29 is 9.90 Å². The highest BCUT2D eigenvalue weighted by Crippen LogP contribution is 2.52. The zero-order valence-corrected chi connectivity index (χ0v) is 18.7. The summed E-state index contributed by atoms with van der Waals surface area (Å²) in [5.41, 5.74) is 0.948. The molecular formula is C26H33N3O3. The molecular weight excluding hydrogens is 402 g/mol. The second-order valence-electron chi connectivity index (χ2n) is 10.8. The van der Waals surface area contributed by atoms with Crippen LogP contribution in [-0.4, -0.2) is 43.1 Å². The van der Waals surface area contributed by atoms with E-state index >= 15 is 0 Å². The number of carboxylic acids is 1. The average molecular weight is 436 g/mol. The maximum absolute atomic E-state index is 13.3. The summed E-state index contributed by atoms with van der Waals surface area (Å²) in [6.07, 6.45) is 15.1. The van der Waals surface area contributed by atoms with E-state index in [1.165, 1.54) is 64.2 Å². The summed E-state index contributed by atoms with van der Waals surface area (Å²) in [6, 6.07) is 8.54. The lowest BCUT2D eigenvalue weighted by Gasteiger charge is -2.61. The van der Waals surface area contributed by atoms with Gasteiger partial charge < -0.3 is 9.67 Å². The van der Waals surface area contributed by atoms with E-state index in [-0.39, 0.29) is 11.7 Å². The Balaban J connectivity index is 1.40. The molecule has 2 unspecified atom stereocenters. The van der Waals surface area contributed by atoms with E-state index in [1.54, 1.807) is 4.57 Å². The molecule has 0 spiro atoms. The van der Waals surface area contributed by atoms with Crippen molar-refractivity contribution in [3.05, 3.63) is 40.3 Å². The van der Waals surface area contributed by atoms with Crippen LogP contribution in [0.4, 0.5) is 0 Å². The summed E-state index contributed by atoms with van der Waals surface area (Å²) in [4.78, 5) is 32.2. The number of fused-ring (bicyclic) bond motifs is 6. The van der Waals surface area contributed by atoms with Gasteiger partial charge in [0, 0.05) is 23.7 Å². The number of hydrogen-bond donors (Lipinski definition) is 1. The van der Waals surface area contributed by atoms with Gasteiger partial charge in [0.15, 0.2) is 0 Å². The maximum Gasteiger partial charge on any atom is 0.360 e. The first-order valence-electron chi connectivity index (χ1n) is 12.6. The van der Waals surface area contributed by atoms with Crippen LogP contribution >= 0.6 is 0 Å². The van der Waals surface area contributed by atoms with E-state index in [2.05, 4.69) is 9.88 Å². The molecule has 170 valence electrons. The molecule has 32 heavy (non-hydrogen) atoms. The van der Waals surface area contributed by atoms with Gasteiger partial charge in [0.25, 0.3) is 5.56 Å². The van der Waals surface area contributed by atoms with Gasteiger partial charge >= 0.3 is 5.97 Å². The van der Waals surface area contributed by atoms with Crippen molar-refractivity contribution in [2.45, 2.75) is 101 Å². The smallest absolute Gasteiger partial charge is 0.360 e. The fourth-order valence-electron chi connectivity index (χ4n) is 8.01. The molecule has 2 aliphatic carbocycles. The number of piperidine rings is 2. The van der Waals surface area contributed by atoms with Gasteiger partial charge in [-0.1, -0.05) is 44.2 Å². The lowest BCUT2D eigenvalue weighted by atomic mass is 9.63. The van der Waals surface area contributed by atoms with Crippen LogP contribution in [0.25, 0.3) is 11.0 Å². The first-order chi connectivity index (χ1) is 15.6. The van der Waals surface area contributed by atoms with Crippen LogP contribution in [0.2, 0.25) is 0 Å². The summed E-state index contributed by atoms with van der Waals surface area (Å²) in [7, 11) is 0. The lowest BCUT2D eigenvalue weighted by Crippen LogP contribution is -2.65. The molecule has 4 aliphatic rings. The molecule has 2 aliphatic heterocycles. The van der Waals surface area contributed by atoms with Crippen LogP contribution in [0.3, 0.4) is 0 Å². The molecule has 2 saturated heterocycles. The number of rotatable bonds is 3. The van der Waals surface area contributed by atoms with E-state index in [1.807, 2.05) is 24.3 Å². The predicted molar refractivity (Wildman–Crippen MR) is 123 cm³/mol. The van der Waals surface area contributed by atoms with Gasteiger partial charge in [-0.2, -0.15) is 0 Å². The van der Waals surface area contributed by atoms with Gasteiger partial charge in [0.2, 0.25) is 5.69 Å². The zero-order valence-electron chi connectivity index (χ0n) is 18.7. The molecule has 4 bridgehead atoms. The largest absolute Gasteiger partial charge is 0.476 e. The Morgan fingerprint density at radius 1 is 0.969 bits per heavy atom. The van der Waals surface area contributed by atoms with E-state index in [4.69, 9.17) is 0 Å². The van der Waals surface area contributed by atoms with Gasteiger partial charge in [-0.05, 0) is 63.0 Å². The van der Waals surface area contributed by atoms with Gasteiger partial charge in [-0.15, -0.1) is 0 Å². The van der Waals surface area contributed by atoms with Crippen molar-refractivity contribution >= 4 is 17.0 Å².